The van der Waals surface area contributed by atoms with Crippen molar-refractivity contribution < 1.29 is 4.79 Å². The molecule has 2 aromatic heterocycles. The summed E-state index contributed by atoms with van der Waals surface area (Å²) in [4.78, 5) is 36.9. The second-order valence-electron chi connectivity index (χ2n) is 12.6. The first-order valence-corrected chi connectivity index (χ1v) is 16.1. The molecule has 1 saturated heterocycles. The summed E-state index contributed by atoms with van der Waals surface area (Å²) < 4.78 is 1.74. The van der Waals surface area contributed by atoms with Gasteiger partial charge in [0.05, 0.1) is 17.8 Å². The fourth-order valence-corrected chi connectivity index (χ4v) is 7.35. The van der Waals surface area contributed by atoms with E-state index in [4.69, 9.17) is 0 Å². The molecule has 0 bridgehead atoms. The molecule has 1 aliphatic heterocycles. The number of carbonyl (C=O) groups excluding carboxylic acids is 1. The Morgan fingerprint density at radius 1 is 0.907 bits per heavy atom. The third-order valence-corrected chi connectivity index (χ3v) is 9.79. The van der Waals surface area contributed by atoms with Crippen molar-refractivity contribution in [3.63, 3.8) is 0 Å². The van der Waals surface area contributed by atoms with Gasteiger partial charge in [0.25, 0.3) is 5.56 Å². The van der Waals surface area contributed by atoms with Crippen molar-refractivity contribution in [2.24, 2.45) is 18.9 Å². The van der Waals surface area contributed by atoms with Crippen molar-refractivity contribution in [3.8, 4) is 0 Å². The van der Waals surface area contributed by atoms with E-state index in [1.165, 1.54) is 12.0 Å². The number of fused-ring (bicyclic) bond motifs is 1. The molecule has 2 aliphatic rings. The van der Waals surface area contributed by atoms with Crippen molar-refractivity contribution in [1.29, 1.82) is 0 Å². The van der Waals surface area contributed by atoms with Gasteiger partial charge in [-0.1, -0.05) is 73.9 Å². The summed E-state index contributed by atoms with van der Waals surface area (Å²) in [5.74, 6) is 0.955. The Labute approximate surface area is 255 Å². The number of amides is 1. The van der Waals surface area contributed by atoms with Crippen molar-refractivity contribution in [3.05, 3.63) is 112 Å². The Hall–Kier alpha value is -3.77. The van der Waals surface area contributed by atoms with E-state index in [0.29, 0.717) is 24.6 Å². The SMILES string of the molecule is Cn1c(=O)c(CN(CC(c2ccccc2)C2CCN(Cc3ccccn3)CC2)C(=O)C2CCCCC2)cc2ccccc21. The molecule has 1 saturated carbocycles. The van der Waals surface area contributed by atoms with Crippen LogP contribution in [0, 0.1) is 11.8 Å². The Balaban J connectivity index is 1.28. The lowest BCUT2D eigenvalue weighted by Gasteiger charge is -2.39. The summed E-state index contributed by atoms with van der Waals surface area (Å²) in [6.07, 6.45) is 9.36. The van der Waals surface area contributed by atoms with Crippen LogP contribution in [-0.4, -0.2) is 44.9 Å². The topological polar surface area (TPSA) is 58.4 Å². The number of nitrogens with zero attached hydrogens (tertiary/aromatic N) is 4. The molecule has 1 atom stereocenters. The Morgan fingerprint density at radius 2 is 1.63 bits per heavy atom. The van der Waals surface area contributed by atoms with Gasteiger partial charge in [-0.2, -0.15) is 0 Å². The van der Waals surface area contributed by atoms with Gasteiger partial charge in [0.1, 0.15) is 0 Å². The van der Waals surface area contributed by atoms with Crippen LogP contribution in [0.5, 0.6) is 0 Å². The highest BCUT2D eigenvalue weighted by Crippen LogP contribution is 2.35. The van der Waals surface area contributed by atoms with Crippen LogP contribution in [0.15, 0.2) is 89.9 Å². The maximum atomic E-state index is 14.3. The number of aromatic nitrogens is 2. The van der Waals surface area contributed by atoms with Gasteiger partial charge < -0.3 is 9.47 Å². The molecule has 3 heterocycles. The minimum absolute atomic E-state index is 0.0146. The zero-order valence-electron chi connectivity index (χ0n) is 25.4. The monoisotopic (exact) mass is 576 g/mol. The number of hydrogen-bond acceptors (Lipinski definition) is 4. The van der Waals surface area contributed by atoms with Crippen LogP contribution in [-0.2, 0) is 24.9 Å². The first-order chi connectivity index (χ1) is 21.1. The van der Waals surface area contributed by atoms with E-state index < -0.39 is 0 Å². The van der Waals surface area contributed by atoms with Crippen LogP contribution in [0.4, 0.5) is 0 Å². The number of carbonyl (C=O) groups is 1. The first kappa shape index (κ1) is 29.3. The van der Waals surface area contributed by atoms with Crippen LogP contribution in [0.1, 0.15) is 67.7 Å². The van der Waals surface area contributed by atoms with Crippen molar-refractivity contribution in [2.75, 3.05) is 19.6 Å². The highest BCUT2D eigenvalue weighted by atomic mass is 16.2. The molecule has 224 valence electrons. The molecule has 6 rings (SSSR count). The summed E-state index contributed by atoms with van der Waals surface area (Å²) in [5.41, 5.74) is 4.00. The Kier molecular flexibility index (Phi) is 9.33. The zero-order valence-corrected chi connectivity index (χ0v) is 25.4. The molecule has 43 heavy (non-hydrogen) atoms. The minimum Gasteiger partial charge on any atom is -0.337 e. The van der Waals surface area contributed by atoms with E-state index in [1.54, 1.807) is 4.57 Å². The number of aryl methyl sites for hydroxylation is 1. The molecule has 1 unspecified atom stereocenters. The van der Waals surface area contributed by atoms with Crippen LogP contribution in [0.2, 0.25) is 0 Å². The number of para-hydroxylation sites is 1. The normalized spacial score (nSPS) is 17.6. The molecule has 4 aromatic rings. The second-order valence-corrected chi connectivity index (χ2v) is 12.6. The molecule has 0 spiro atoms. The summed E-state index contributed by atoms with van der Waals surface area (Å²) >= 11 is 0. The predicted molar refractivity (Wildman–Crippen MR) is 173 cm³/mol. The molecule has 6 heteroatoms. The molecule has 6 nitrogen and oxygen atoms in total. The minimum atomic E-state index is -0.0146. The van der Waals surface area contributed by atoms with Crippen molar-refractivity contribution >= 4 is 16.8 Å². The maximum Gasteiger partial charge on any atom is 0.255 e. The predicted octanol–water partition coefficient (Wildman–Crippen LogP) is 6.54. The Bertz CT molecular complexity index is 1550. The van der Waals surface area contributed by atoms with E-state index in [-0.39, 0.29) is 23.3 Å². The number of rotatable bonds is 9. The van der Waals surface area contributed by atoms with Gasteiger partial charge in [-0.25, -0.2) is 0 Å². The van der Waals surface area contributed by atoms with Gasteiger partial charge in [0, 0.05) is 43.7 Å². The fraction of sp³-hybridized carbons (Fsp3) is 0.432. The first-order valence-electron chi connectivity index (χ1n) is 16.1. The lowest BCUT2D eigenvalue weighted by Crippen LogP contribution is -2.43. The molecule has 0 N–H and O–H groups in total. The maximum absolute atomic E-state index is 14.3. The fourth-order valence-electron chi connectivity index (χ4n) is 7.35. The summed E-state index contributed by atoms with van der Waals surface area (Å²) in [6.45, 7) is 3.91. The second kappa shape index (κ2) is 13.7. The molecule has 2 aromatic carbocycles. The van der Waals surface area contributed by atoms with Crippen molar-refractivity contribution in [1.82, 2.24) is 19.4 Å². The van der Waals surface area contributed by atoms with Gasteiger partial charge >= 0.3 is 0 Å². The zero-order chi connectivity index (χ0) is 29.6. The number of hydrogen-bond donors (Lipinski definition) is 0. The molecular formula is C37H44N4O2. The lowest BCUT2D eigenvalue weighted by atomic mass is 9.79. The van der Waals surface area contributed by atoms with Gasteiger partial charge in [0.2, 0.25) is 5.91 Å². The highest BCUT2D eigenvalue weighted by molar-refractivity contribution is 5.81. The molecular weight excluding hydrogens is 532 g/mol. The third-order valence-electron chi connectivity index (χ3n) is 9.79. The quantitative estimate of drug-likeness (QED) is 0.227. The number of pyridine rings is 2. The van der Waals surface area contributed by atoms with Crippen LogP contribution in [0.3, 0.4) is 0 Å². The van der Waals surface area contributed by atoms with Gasteiger partial charge in [-0.05, 0) is 79.9 Å². The van der Waals surface area contributed by atoms with Gasteiger partial charge in [-0.15, -0.1) is 0 Å². The Morgan fingerprint density at radius 3 is 2.37 bits per heavy atom. The number of likely N-dealkylation sites (tertiary alicyclic amines) is 1. The molecule has 1 aliphatic carbocycles. The smallest absolute Gasteiger partial charge is 0.255 e. The summed E-state index contributed by atoms with van der Waals surface area (Å²) in [5, 5.41) is 1.03. The van der Waals surface area contributed by atoms with E-state index in [1.807, 2.05) is 43.6 Å². The van der Waals surface area contributed by atoms with Gasteiger partial charge in [0.15, 0.2) is 0 Å². The van der Waals surface area contributed by atoms with Crippen LogP contribution < -0.4 is 5.56 Å². The van der Waals surface area contributed by atoms with E-state index in [0.717, 1.165) is 74.8 Å². The average Bonchev–Trinajstić information content (AvgIpc) is 3.06. The molecule has 0 radical (unpaired) electrons. The van der Waals surface area contributed by atoms with E-state index in [2.05, 4.69) is 63.3 Å². The van der Waals surface area contributed by atoms with Crippen LogP contribution in [0.25, 0.3) is 10.9 Å². The molecule has 1 amide bonds. The van der Waals surface area contributed by atoms with Gasteiger partial charge in [-0.3, -0.25) is 19.5 Å². The van der Waals surface area contributed by atoms with Crippen molar-refractivity contribution in [2.45, 2.75) is 64.0 Å². The standard InChI is InChI=1S/C37H44N4O2/c1-39-35-18-9-8-16-31(35)24-32(36(39)42)25-41(37(43)30-14-6-3-7-15-30)27-34(28-12-4-2-5-13-28)29-19-22-40(23-20-29)26-33-17-10-11-21-38-33/h2,4-5,8-13,16-18,21,24,29-30,34H,3,6-7,14-15,19-20,22-23,25-27H2,1H3. The lowest BCUT2D eigenvalue weighted by molar-refractivity contribution is -0.137. The highest BCUT2D eigenvalue weighted by Gasteiger charge is 2.33. The largest absolute Gasteiger partial charge is 0.337 e. The van der Waals surface area contributed by atoms with Crippen LogP contribution >= 0.6 is 0 Å². The summed E-state index contributed by atoms with van der Waals surface area (Å²) in [6, 6.07) is 26.9. The molecule has 2 fully saturated rings. The van der Waals surface area contributed by atoms with E-state index in [9.17, 15) is 9.59 Å². The number of benzene rings is 2. The van der Waals surface area contributed by atoms with E-state index >= 15 is 0 Å². The third kappa shape index (κ3) is 6.91. The average molecular weight is 577 g/mol. The summed E-state index contributed by atoms with van der Waals surface area (Å²) in [7, 11) is 1.84. The number of piperidine rings is 1.